The first kappa shape index (κ1) is 22.3. The summed E-state index contributed by atoms with van der Waals surface area (Å²) in [6.45, 7) is 7.23. The number of carbonyl (C=O) groups excluding carboxylic acids is 1. The van der Waals surface area contributed by atoms with E-state index in [0.717, 1.165) is 67.5 Å². The van der Waals surface area contributed by atoms with Gasteiger partial charge in [-0.1, -0.05) is 60.1 Å². The van der Waals surface area contributed by atoms with Gasteiger partial charge in [0.2, 0.25) is 5.91 Å². The summed E-state index contributed by atoms with van der Waals surface area (Å²) in [5, 5.41) is 3.40. The number of piperidine rings is 1. The lowest BCUT2D eigenvalue weighted by atomic mass is 9.83. The van der Waals surface area contributed by atoms with E-state index in [9.17, 15) is 4.79 Å². The molecule has 4 rings (SSSR count). The molecule has 2 aliphatic heterocycles. The summed E-state index contributed by atoms with van der Waals surface area (Å²) >= 11 is 3.50. The number of ether oxygens (including phenoxy) is 1. The second kappa shape index (κ2) is 9.74. The molecular weight excluding hydrogens is 452 g/mol. The molecule has 31 heavy (non-hydrogen) atoms. The molecule has 0 spiro atoms. The summed E-state index contributed by atoms with van der Waals surface area (Å²) in [6, 6.07) is 16.7. The maximum atomic E-state index is 13.2. The number of rotatable bonds is 6. The van der Waals surface area contributed by atoms with Crippen molar-refractivity contribution in [1.82, 2.24) is 10.2 Å². The molecule has 0 aromatic heterocycles. The van der Waals surface area contributed by atoms with E-state index in [2.05, 4.69) is 70.3 Å². The van der Waals surface area contributed by atoms with E-state index in [4.69, 9.17) is 4.74 Å². The van der Waals surface area contributed by atoms with Crippen LogP contribution >= 0.6 is 15.9 Å². The number of hydrogen-bond donors (Lipinski definition) is 1. The number of fused-ring (bicyclic) bond motifs is 1. The molecule has 5 heteroatoms. The first-order valence-corrected chi connectivity index (χ1v) is 12.4. The molecule has 2 aromatic carbocycles. The smallest absolute Gasteiger partial charge is 0.223 e. The lowest BCUT2D eigenvalue weighted by Gasteiger charge is -2.42. The van der Waals surface area contributed by atoms with Crippen LogP contribution in [0.3, 0.4) is 0 Å². The maximum absolute atomic E-state index is 13.2. The van der Waals surface area contributed by atoms with E-state index in [1.165, 1.54) is 5.56 Å². The second-order valence-corrected chi connectivity index (χ2v) is 9.89. The molecule has 0 saturated carbocycles. The number of para-hydroxylation sites is 1. The Kier molecular flexibility index (Phi) is 7.02. The highest BCUT2D eigenvalue weighted by Gasteiger charge is 2.39. The minimum Gasteiger partial charge on any atom is -0.487 e. The molecule has 1 fully saturated rings. The summed E-state index contributed by atoms with van der Waals surface area (Å²) in [4.78, 5) is 15.6. The summed E-state index contributed by atoms with van der Waals surface area (Å²) in [5.41, 5.74) is 2.24. The summed E-state index contributed by atoms with van der Waals surface area (Å²) < 4.78 is 7.50. The minimum absolute atomic E-state index is 0.0261. The van der Waals surface area contributed by atoms with Crippen LogP contribution in [0.5, 0.6) is 5.75 Å². The van der Waals surface area contributed by atoms with Crippen LogP contribution in [0.4, 0.5) is 0 Å². The van der Waals surface area contributed by atoms with Gasteiger partial charge in [0.15, 0.2) is 0 Å². The van der Waals surface area contributed by atoms with E-state index >= 15 is 0 Å². The predicted octanol–water partition coefficient (Wildman–Crippen LogP) is 5.86. The highest BCUT2D eigenvalue weighted by Crippen LogP contribution is 2.42. The van der Waals surface area contributed by atoms with Crippen LogP contribution in [0.2, 0.25) is 0 Å². The van der Waals surface area contributed by atoms with Gasteiger partial charge in [0.05, 0.1) is 6.04 Å². The molecule has 1 amide bonds. The Morgan fingerprint density at radius 3 is 2.45 bits per heavy atom. The number of nitrogens with one attached hydrogen (secondary N) is 1. The van der Waals surface area contributed by atoms with Crippen LogP contribution in [-0.2, 0) is 11.3 Å². The highest BCUT2D eigenvalue weighted by molar-refractivity contribution is 9.10. The Bertz CT molecular complexity index is 887. The lowest BCUT2D eigenvalue weighted by Crippen LogP contribution is -2.47. The topological polar surface area (TPSA) is 41.6 Å². The van der Waals surface area contributed by atoms with E-state index in [1.807, 2.05) is 18.2 Å². The van der Waals surface area contributed by atoms with Gasteiger partial charge < -0.3 is 10.1 Å². The number of halogens is 1. The monoisotopic (exact) mass is 484 g/mol. The quantitative estimate of drug-likeness (QED) is 0.557. The van der Waals surface area contributed by atoms with Crippen LogP contribution in [0, 0.1) is 5.92 Å². The third kappa shape index (κ3) is 5.15. The van der Waals surface area contributed by atoms with Crippen LogP contribution in [-0.4, -0.2) is 29.5 Å². The second-order valence-electron chi connectivity index (χ2n) is 8.97. The van der Waals surface area contributed by atoms with Gasteiger partial charge in [0.25, 0.3) is 0 Å². The van der Waals surface area contributed by atoms with Crippen molar-refractivity contribution in [2.45, 2.75) is 64.1 Å². The molecule has 2 heterocycles. The molecular formula is C26H33BrN2O2. The van der Waals surface area contributed by atoms with Crippen molar-refractivity contribution in [2.24, 2.45) is 5.92 Å². The third-order valence-corrected chi connectivity index (χ3v) is 7.61. The summed E-state index contributed by atoms with van der Waals surface area (Å²) in [7, 11) is 0. The van der Waals surface area contributed by atoms with Gasteiger partial charge in [-0.05, 0) is 62.5 Å². The Hall–Kier alpha value is -1.85. The molecule has 4 nitrogen and oxygen atoms in total. The molecule has 1 N–H and O–H groups in total. The van der Waals surface area contributed by atoms with Crippen LogP contribution < -0.4 is 10.1 Å². The van der Waals surface area contributed by atoms with Gasteiger partial charge in [0.1, 0.15) is 11.4 Å². The fraction of sp³-hybridized carbons (Fsp3) is 0.500. The van der Waals surface area contributed by atoms with Crippen molar-refractivity contribution >= 4 is 21.8 Å². The molecule has 0 bridgehead atoms. The van der Waals surface area contributed by atoms with Crippen molar-refractivity contribution in [3.05, 3.63) is 64.1 Å². The predicted molar refractivity (Wildman–Crippen MR) is 128 cm³/mol. The highest BCUT2D eigenvalue weighted by atomic mass is 79.9. The molecule has 1 saturated heterocycles. The maximum Gasteiger partial charge on any atom is 0.223 e. The molecule has 1 atom stereocenters. The molecule has 2 aromatic rings. The average Bonchev–Trinajstić information content (AvgIpc) is 2.81. The standard InChI is InChI=1S/C26H33BrN2O2/c1-3-26(4-2)17-23(22-7-5-6-8-24(22)31-26)28-25(30)20-13-15-29(16-14-20)18-19-9-11-21(27)12-10-19/h5-12,20,23H,3-4,13-18H2,1-2H3,(H,28,30). The first-order valence-electron chi connectivity index (χ1n) is 11.6. The van der Waals surface area contributed by atoms with Gasteiger partial charge in [-0.3, -0.25) is 9.69 Å². The molecule has 166 valence electrons. The number of carbonyl (C=O) groups is 1. The first-order chi connectivity index (χ1) is 15.0. The number of benzene rings is 2. The normalized spacial score (nSPS) is 21.2. The largest absolute Gasteiger partial charge is 0.487 e. The van der Waals surface area contributed by atoms with Crippen molar-refractivity contribution < 1.29 is 9.53 Å². The van der Waals surface area contributed by atoms with Gasteiger partial charge >= 0.3 is 0 Å². The van der Waals surface area contributed by atoms with Crippen molar-refractivity contribution in [1.29, 1.82) is 0 Å². The van der Waals surface area contributed by atoms with E-state index in [0.29, 0.717) is 0 Å². The number of likely N-dealkylation sites (tertiary alicyclic amines) is 1. The summed E-state index contributed by atoms with van der Waals surface area (Å²) in [6.07, 6.45) is 4.56. The fourth-order valence-corrected chi connectivity index (χ4v) is 5.19. The molecule has 1 unspecified atom stereocenters. The zero-order valence-corrected chi connectivity index (χ0v) is 20.2. The van der Waals surface area contributed by atoms with Gasteiger partial charge in [-0.25, -0.2) is 0 Å². The lowest BCUT2D eigenvalue weighted by molar-refractivity contribution is -0.128. The Morgan fingerprint density at radius 2 is 1.77 bits per heavy atom. The minimum atomic E-state index is -0.194. The van der Waals surface area contributed by atoms with Crippen LogP contribution in [0.15, 0.2) is 53.0 Å². The molecule has 0 aliphatic carbocycles. The van der Waals surface area contributed by atoms with E-state index in [-0.39, 0.29) is 23.5 Å². The number of hydrogen-bond acceptors (Lipinski definition) is 3. The van der Waals surface area contributed by atoms with Gasteiger partial charge in [-0.2, -0.15) is 0 Å². The molecule has 2 aliphatic rings. The molecule has 0 radical (unpaired) electrons. The van der Waals surface area contributed by atoms with E-state index in [1.54, 1.807) is 0 Å². The van der Waals surface area contributed by atoms with Gasteiger partial charge in [0, 0.05) is 28.9 Å². The van der Waals surface area contributed by atoms with Crippen LogP contribution in [0.25, 0.3) is 0 Å². The van der Waals surface area contributed by atoms with Crippen molar-refractivity contribution in [2.75, 3.05) is 13.1 Å². The van der Waals surface area contributed by atoms with Gasteiger partial charge in [-0.15, -0.1) is 0 Å². The zero-order valence-electron chi connectivity index (χ0n) is 18.6. The number of nitrogens with zero attached hydrogens (tertiary/aromatic N) is 1. The number of amides is 1. The van der Waals surface area contributed by atoms with E-state index < -0.39 is 0 Å². The fourth-order valence-electron chi connectivity index (χ4n) is 4.92. The average molecular weight is 485 g/mol. The third-order valence-electron chi connectivity index (χ3n) is 7.08. The zero-order chi connectivity index (χ0) is 21.8. The Morgan fingerprint density at radius 1 is 1.10 bits per heavy atom. The summed E-state index contributed by atoms with van der Waals surface area (Å²) in [5.74, 6) is 1.21. The van der Waals surface area contributed by atoms with Crippen LogP contribution in [0.1, 0.15) is 63.1 Å². The SMILES string of the molecule is CCC1(CC)CC(NC(=O)C2CCN(Cc3ccc(Br)cc3)CC2)c2ccccc2O1. The van der Waals surface area contributed by atoms with Crippen molar-refractivity contribution in [3.63, 3.8) is 0 Å². The Labute approximate surface area is 194 Å². The Balaban J connectivity index is 1.36. The van der Waals surface area contributed by atoms with Crippen molar-refractivity contribution in [3.8, 4) is 5.75 Å².